The van der Waals surface area contributed by atoms with Crippen molar-refractivity contribution in [3.63, 3.8) is 0 Å². The third-order valence-corrected chi connectivity index (χ3v) is 14.1. The first kappa shape index (κ1) is 33.3. The molecule has 6 rings (SSSR count). The number of benzene rings is 3. The van der Waals surface area contributed by atoms with Gasteiger partial charge in [0.15, 0.2) is 0 Å². The van der Waals surface area contributed by atoms with Crippen molar-refractivity contribution in [2.45, 2.75) is 77.8 Å². The minimum atomic E-state index is -0.566. The second kappa shape index (κ2) is 12.8. The summed E-state index contributed by atoms with van der Waals surface area (Å²) in [6, 6.07) is 23.7. The van der Waals surface area contributed by atoms with E-state index < -0.39 is 11.1 Å². The van der Waals surface area contributed by atoms with Crippen LogP contribution in [0.1, 0.15) is 55.0 Å². The van der Waals surface area contributed by atoms with Crippen molar-refractivity contribution in [2.75, 3.05) is 0 Å². The topological polar surface area (TPSA) is 43.2 Å². The molecule has 0 spiro atoms. The van der Waals surface area contributed by atoms with Crippen LogP contribution < -0.4 is 0 Å². The number of rotatable bonds is 6. The van der Waals surface area contributed by atoms with E-state index in [2.05, 4.69) is 185 Å². The van der Waals surface area contributed by atoms with Crippen LogP contribution in [0.25, 0.3) is 16.7 Å². The van der Waals surface area contributed by atoms with Crippen molar-refractivity contribution in [2.24, 2.45) is 9.98 Å². The van der Waals surface area contributed by atoms with Gasteiger partial charge >= 0.3 is 308 Å². The third-order valence-electron chi connectivity index (χ3n) is 8.90. The Morgan fingerprint density at radius 2 is 1.20 bits per heavy atom. The number of halogens is 2. The molecule has 0 N–H and O–H groups in total. The van der Waals surface area contributed by atoms with E-state index in [0.29, 0.717) is 18.2 Å². The van der Waals surface area contributed by atoms with Gasteiger partial charge in [-0.05, 0) is 0 Å². The number of allylic oxidation sites excluding steroid dienone is 3. The van der Waals surface area contributed by atoms with Gasteiger partial charge < -0.3 is 0 Å². The zero-order valence-corrected chi connectivity index (χ0v) is 32.3. The molecule has 0 bridgehead atoms. The third kappa shape index (κ3) is 6.46. The number of aliphatic imine (C=N–C) groups is 2. The van der Waals surface area contributed by atoms with E-state index in [1.807, 2.05) is 0 Å². The van der Waals surface area contributed by atoms with Crippen molar-refractivity contribution in [1.82, 2.24) is 0 Å². The minimum absolute atomic E-state index is 0.0159. The summed E-state index contributed by atoms with van der Waals surface area (Å²) in [5.41, 5.74) is 10.6. The fourth-order valence-corrected chi connectivity index (χ4v) is 8.28. The molecule has 4 unspecified atom stereocenters. The fraction of sp³-hybridized carbons (Fsp3) is 0.351. The quantitative estimate of drug-likeness (QED) is 0.183. The molecule has 0 saturated heterocycles. The molecule has 0 radical (unpaired) electrons. The molecule has 4 nitrogen and oxygen atoms in total. The molecule has 45 heavy (non-hydrogen) atoms. The maximum absolute atomic E-state index is 6.50. The molecule has 0 aromatic heterocycles. The summed E-state index contributed by atoms with van der Waals surface area (Å²) in [4.78, 5) is 10.6. The standard InChI is InChI=1S/C37H36Br2N2O2.2Pd/c1-22-7-12-26(13-8-22)29-17-28(16-11-24(29)3)34-40-36(5,20-42-34)19-37(6)21-43-35(41-37)31-18-30(25(4)32(38)33(31)39)27-14-9-23(2)10-15-27;;/h7-18,20-21,32-33H,19H2,1-6H3;;/t32?,33?,36-,37-;;/m1../s1. The number of hydrogen-bond donors (Lipinski definition) is 0. The number of aryl methyl sites for hydroxylation is 3. The van der Waals surface area contributed by atoms with Gasteiger partial charge in [0.2, 0.25) is 0 Å². The Balaban J connectivity index is 1.30. The number of ether oxygens (including phenoxy) is 2. The Morgan fingerprint density at radius 1 is 0.689 bits per heavy atom. The summed E-state index contributed by atoms with van der Waals surface area (Å²) in [6.45, 7) is 12.8. The normalized spacial score (nSPS) is 29.6. The molecule has 1 aliphatic carbocycles. The van der Waals surface area contributed by atoms with Crippen LogP contribution in [0.5, 0.6) is 0 Å². The fourth-order valence-electron chi connectivity index (χ4n) is 6.16. The first-order valence-corrected chi connectivity index (χ1v) is 18.6. The van der Waals surface area contributed by atoms with Crippen molar-refractivity contribution < 1.29 is 47.9 Å². The molecule has 3 aromatic carbocycles. The van der Waals surface area contributed by atoms with Gasteiger partial charge in [-0.1, -0.05) is 0 Å². The van der Waals surface area contributed by atoms with Gasteiger partial charge in [0.1, 0.15) is 0 Å². The molecular weight excluding hydrogens is 877 g/mol. The first-order valence-electron chi connectivity index (χ1n) is 15.0. The molecule has 2 aliphatic heterocycles. The zero-order chi connectivity index (χ0) is 32.3. The summed E-state index contributed by atoms with van der Waals surface area (Å²) in [5.74, 6) is 1.30. The van der Waals surface area contributed by atoms with Crippen molar-refractivity contribution >= 4 is 49.2 Å². The van der Waals surface area contributed by atoms with Gasteiger partial charge in [-0.2, -0.15) is 0 Å². The van der Waals surface area contributed by atoms with Crippen molar-refractivity contribution in [3.05, 3.63) is 112 Å². The Labute approximate surface area is 305 Å². The number of hydrogen-bond acceptors (Lipinski definition) is 4. The van der Waals surface area contributed by atoms with Gasteiger partial charge in [-0.3, -0.25) is 0 Å². The molecular formula is C37H36Br2N2O2Pd2. The molecule has 0 fully saturated rings. The van der Waals surface area contributed by atoms with E-state index >= 15 is 0 Å². The van der Waals surface area contributed by atoms with Gasteiger partial charge in [0.25, 0.3) is 0 Å². The SMILES string of the molecule is CC1=C(c2ccc(C)cc2)C=C(C2=N[C@](C)(C[C@@]3(C)N=C(c4ccc(C)c(-c5ccc(C)cc5)c4)O[CH]3[Pd])[CH]([Pd])O2)C(Br)C1Br. The molecule has 0 saturated carbocycles. The maximum atomic E-state index is 6.50. The first-order chi connectivity index (χ1) is 21.3. The zero-order valence-electron chi connectivity index (χ0n) is 26.0. The van der Waals surface area contributed by atoms with E-state index in [9.17, 15) is 0 Å². The van der Waals surface area contributed by atoms with E-state index in [-0.39, 0.29) is 18.8 Å². The average molecular weight is 913 g/mol. The summed E-state index contributed by atoms with van der Waals surface area (Å²) in [6.07, 6.45) is 2.85. The van der Waals surface area contributed by atoms with Crippen LogP contribution in [0.2, 0.25) is 0 Å². The van der Waals surface area contributed by atoms with Crippen LogP contribution in [-0.4, -0.2) is 41.7 Å². The molecule has 0 amide bonds. The predicted molar refractivity (Wildman–Crippen MR) is 184 cm³/mol. The van der Waals surface area contributed by atoms with E-state index in [4.69, 9.17) is 19.5 Å². The van der Waals surface area contributed by atoms with E-state index in [0.717, 1.165) is 11.1 Å². The predicted octanol–water partition coefficient (Wildman–Crippen LogP) is 9.08. The summed E-state index contributed by atoms with van der Waals surface area (Å²) in [5, 5.41) is 0. The second-order valence-corrected chi connectivity index (χ2v) is 16.4. The molecule has 3 aliphatic rings. The van der Waals surface area contributed by atoms with Gasteiger partial charge in [-0.25, -0.2) is 0 Å². The van der Waals surface area contributed by atoms with Crippen LogP contribution in [0, 0.1) is 20.8 Å². The van der Waals surface area contributed by atoms with Gasteiger partial charge in [0, 0.05) is 0 Å². The summed E-state index contributed by atoms with van der Waals surface area (Å²) >= 11 is 14.9. The monoisotopic (exact) mass is 910 g/mol. The van der Waals surface area contributed by atoms with Crippen LogP contribution in [0.3, 0.4) is 0 Å². The van der Waals surface area contributed by atoms with Gasteiger partial charge in [-0.15, -0.1) is 0 Å². The number of alkyl halides is 2. The summed E-state index contributed by atoms with van der Waals surface area (Å²) < 4.78 is 12.4. The summed E-state index contributed by atoms with van der Waals surface area (Å²) in [7, 11) is 0. The van der Waals surface area contributed by atoms with Crippen LogP contribution in [-0.2, 0) is 47.9 Å². The Morgan fingerprint density at radius 3 is 1.80 bits per heavy atom. The average Bonchev–Trinajstić information content (AvgIpc) is 3.46. The second-order valence-electron chi connectivity index (χ2n) is 12.8. The van der Waals surface area contributed by atoms with E-state index in [1.165, 1.54) is 44.5 Å². The molecule has 8 heteroatoms. The Kier molecular flexibility index (Phi) is 9.44. The van der Waals surface area contributed by atoms with Crippen LogP contribution >= 0.6 is 31.9 Å². The van der Waals surface area contributed by atoms with Crippen molar-refractivity contribution in [1.29, 1.82) is 0 Å². The van der Waals surface area contributed by atoms with Crippen LogP contribution in [0.15, 0.2) is 93.9 Å². The number of nitrogens with zero attached hydrogens (tertiary/aromatic N) is 2. The Hall–Kier alpha value is -1.64. The molecule has 6 atom stereocenters. The molecule has 2 heterocycles. The van der Waals surface area contributed by atoms with Gasteiger partial charge in [0.05, 0.1) is 0 Å². The van der Waals surface area contributed by atoms with E-state index in [1.54, 1.807) is 0 Å². The van der Waals surface area contributed by atoms with Crippen LogP contribution in [0.4, 0.5) is 0 Å². The van der Waals surface area contributed by atoms with Crippen molar-refractivity contribution in [3.8, 4) is 11.1 Å². The molecule has 3 aromatic rings. The molecule has 240 valence electrons. The Bertz CT molecular complexity index is 1770.